The maximum atomic E-state index is 12.9. The van der Waals surface area contributed by atoms with Gasteiger partial charge in [0.1, 0.15) is 0 Å². The molecule has 2 aromatic rings. The minimum absolute atomic E-state index is 0.0905. The average Bonchev–Trinajstić information content (AvgIpc) is 3.13. The van der Waals surface area contributed by atoms with Crippen LogP contribution in [0.4, 0.5) is 11.4 Å². The number of halogens is 4. The fourth-order valence-electron chi connectivity index (χ4n) is 7.22. The molecule has 0 unspecified atom stereocenters. The van der Waals surface area contributed by atoms with Gasteiger partial charge in [0.15, 0.2) is 0 Å². The van der Waals surface area contributed by atoms with Gasteiger partial charge >= 0.3 is 0 Å². The predicted octanol–water partition coefficient (Wildman–Crippen LogP) is 5.43. The van der Waals surface area contributed by atoms with Gasteiger partial charge in [-0.1, -0.05) is 46.4 Å². The molecule has 2 atom stereocenters. The van der Waals surface area contributed by atoms with Gasteiger partial charge in [0.2, 0.25) is 11.8 Å². The highest BCUT2D eigenvalue weighted by Crippen LogP contribution is 2.29. The van der Waals surface area contributed by atoms with Gasteiger partial charge < -0.3 is 30.2 Å². The molecule has 52 heavy (non-hydrogen) atoms. The standard InChI is InChI=1S/2C19H28Cl2N4O/c2*1-19(2,3)25-7-6-22-17(13-25)18(26)24-10-8-23(9-11-24)14-4-5-15(20)16(21)12-14/h2*4-5,12,17,22H,6-11,13H2,1-3H3/t2*17-/m10/s1. The van der Waals surface area contributed by atoms with E-state index in [-0.39, 0.29) is 35.0 Å². The lowest BCUT2D eigenvalue weighted by Gasteiger charge is -2.43. The largest absolute Gasteiger partial charge is 0.368 e. The maximum absolute atomic E-state index is 12.9. The lowest BCUT2D eigenvalue weighted by atomic mass is 10.0. The molecule has 2 aromatic carbocycles. The van der Waals surface area contributed by atoms with Crippen LogP contribution in [-0.2, 0) is 9.59 Å². The van der Waals surface area contributed by atoms with Gasteiger partial charge in [-0.05, 0) is 77.9 Å². The van der Waals surface area contributed by atoms with Crippen LogP contribution in [0.25, 0.3) is 0 Å². The van der Waals surface area contributed by atoms with Crippen molar-refractivity contribution in [3.05, 3.63) is 56.5 Å². The first-order valence-electron chi connectivity index (χ1n) is 18.5. The maximum Gasteiger partial charge on any atom is 0.241 e. The molecule has 2 N–H and O–H groups in total. The van der Waals surface area contributed by atoms with Crippen LogP contribution in [0.15, 0.2) is 36.4 Å². The summed E-state index contributed by atoms with van der Waals surface area (Å²) in [5.74, 6) is 0.431. The van der Waals surface area contributed by atoms with E-state index in [0.717, 1.165) is 103 Å². The molecule has 4 aliphatic heterocycles. The molecule has 4 heterocycles. The summed E-state index contributed by atoms with van der Waals surface area (Å²) in [4.78, 5) is 39.1. The number of carbonyl (C=O) groups is 2. The number of nitrogens with one attached hydrogen (secondary N) is 2. The molecular formula is C38H56Cl4N8O2. The summed E-state index contributed by atoms with van der Waals surface area (Å²) in [6, 6.07) is 11.2. The first kappa shape index (κ1) is 41.1. The molecule has 0 radical (unpaired) electrons. The van der Waals surface area contributed by atoms with E-state index in [2.05, 4.69) is 71.8 Å². The highest BCUT2D eigenvalue weighted by molar-refractivity contribution is 6.42. The molecule has 0 spiro atoms. The van der Waals surface area contributed by atoms with E-state index in [4.69, 9.17) is 46.4 Å². The third-order valence-electron chi connectivity index (χ3n) is 10.6. The van der Waals surface area contributed by atoms with E-state index < -0.39 is 0 Å². The Morgan fingerprint density at radius 2 is 0.885 bits per heavy atom. The van der Waals surface area contributed by atoms with Crippen molar-refractivity contribution in [1.82, 2.24) is 30.2 Å². The second-order valence-corrected chi connectivity index (χ2v) is 17.7. The summed E-state index contributed by atoms with van der Waals surface area (Å²) < 4.78 is 0. The molecule has 4 aliphatic rings. The van der Waals surface area contributed by atoms with Crippen molar-refractivity contribution in [3.8, 4) is 0 Å². The van der Waals surface area contributed by atoms with E-state index in [0.29, 0.717) is 20.1 Å². The van der Waals surface area contributed by atoms with Crippen LogP contribution >= 0.6 is 46.4 Å². The molecule has 10 nitrogen and oxygen atoms in total. The van der Waals surface area contributed by atoms with Crippen molar-refractivity contribution in [2.45, 2.75) is 64.7 Å². The lowest BCUT2D eigenvalue weighted by Crippen LogP contribution is -2.63. The van der Waals surface area contributed by atoms with Crippen molar-refractivity contribution in [2.75, 3.05) is 101 Å². The number of benzene rings is 2. The summed E-state index contributed by atoms with van der Waals surface area (Å²) in [5.41, 5.74) is 2.29. The Labute approximate surface area is 330 Å². The van der Waals surface area contributed by atoms with Crippen molar-refractivity contribution < 1.29 is 9.59 Å². The molecule has 288 valence electrons. The number of anilines is 2. The predicted molar refractivity (Wildman–Crippen MR) is 217 cm³/mol. The topological polar surface area (TPSA) is 77.6 Å². The number of hydrogen-bond acceptors (Lipinski definition) is 8. The Bertz CT molecular complexity index is 1420. The number of nitrogens with zero attached hydrogens (tertiary/aromatic N) is 6. The minimum Gasteiger partial charge on any atom is -0.368 e. The number of hydrogen-bond donors (Lipinski definition) is 2. The number of carbonyl (C=O) groups excluding carboxylic acids is 2. The third-order valence-corrected chi connectivity index (χ3v) is 12.0. The first-order chi connectivity index (χ1) is 24.5. The molecule has 14 heteroatoms. The Morgan fingerprint density at radius 1 is 0.538 bits per heavy atom. The van der Waals surface area contributed by atoms with Crippen LogP contribution in [0.2, 0.25) is 20.1 Å². The summed E-state index contributed by atoms with van der Waals surface area (Å²) in [5, 5.41) is 9.06. The van der Waals surface area contributed by atoms with Crippen LogP contribution in [0, 0.1) is 0 Å². The SMILES string of the molecule is CC(C)(C)N1CCN[C@@H](C(=O)N2CCN(c3ccc(Cl)c(Cl)c3)CC2)C1.CC(C)(C)N1CCN[C@H](C(=O)N2CCN(c3ccc(Cl)c(Cl)c3)CC2)C1. The molecular weight excluding hydrogens is 742 g/mol. The molecule has 0 saturated carbocycles. The highest BCUT2D eigenvalue weighted by atomic mass is 35.5. The summed E-state index contributed by atoms with van der Waals surface area (Å²) >= 11 is 24.3. The normalized spacial score (nSPS) is 22.6. The smallest absolute Gasteiger partial charge is 0.241 e. The molecule has 0 bridgehead atoms. The quantitative estimate of drug-likeness (QED) is 0.425. The molecule has 4 fully saturated rings. The van der Waals surface area contributed by atoms with Gasteiger partial charge in [0.05, 0.1) is 32.2 Å². The number of amides is 2. The molecule has 4 saturated heterocycles. The van der Waals surface area contributed by atoms with Crippen LogP contribution in [0.3, 0.4) is 0 Å². The van der Waals surface area contributed by atoms with Crippen LogP contribution < -0.4 is 20.4 Å². The van der Waals surface area contributed by atoms with E-state index in [1.54, 1.807) is 0 Å². The Hall–Kier alpha value is -2.02. The van der Waals surface area contributed by atoms with E-state index in [1.807, 2.05) is 46.2 Å². The number of piperazine rings is 4. The Balaban J connectivity index is 0.000000201. The summed E-state index contributed by atoms with van der Waals surface area (Å²) in [6.45, 7) is 24.6. The molecule has 0 aromatic heterocycles. The summed E-state index contributed by atoms with van der Waals surface area (Å²) in [7, 11) is 0. The van der Waals surface area contributed by atoms with Crippen LogP contribution in [-0.4, -0.2) is 146 Å². The van der Waals surface area contributed by atoms with Crippen LogP contribution in [0.5, 0.6) is 0 Å². The van der Waals surface area contributed by atoms with E-state index >= 15 is 0 Å². The van der Waals surface area contributed by atoms with E-state index in [1.165, 1.54) is 0 Å². The van der Waals surface area contributed by atoms with Gasteiger partial charge in [-0.25, -0.2) is 0 Å². The van der Waals surface area contributed by atoms with Crippen molar-refractivity contribution in [1.29, 1.82) is 0 Å². The lowest BCUT2D eigenvalue weighted by molar-refractivity contribution is -0.136. The Morgan fingerprint density at radius 3 is 1.19 bits per heavy atom. The van der Waals surface area contributed by atoms with Gasteiger partial charge in [-0.15, -0.1) is 0 Å². The zero-order valence-corrected chi connectivity index (χ0v) is 34.6. The molecule has 2 amide bonds. The van der Waals surface area contributed by atoms with Gasteiger partial charge in [-0.3, -0.25) is 19.4 Å². The monoisotopic (exact) mass is 796 g/mol. The van der Waals surface area contributed by atoms with Gasteiger partial charge in [-0.2, -0.15) is 0 Å². The highest BCUT2D eigenvalue weighted by Gasteiger charge is 2.36. The fraction of sp³-hybridized carbons (Fsp3) is 0.632. The average molecular weight is 799 g/mol. The summed E-state index contributed by atoms with van der Waals surface area (Å²) in [6.07, 6.45) is 0. The zero-order chi connectivity index (χ0) is 37.8. The first-order valence-corrected chi connectivity index (χ1v) is 20.0. The molecule has 0 aliphatic carbocycles. The Kier molecular flexibility index (Phi) is 13.9. The second-order valence-electron chi connectivity index (χ2n) is 16.1. The fourth-order valence-corrected chi connectivity index (χ4v) is 7.81. The zero-order valence-electron chi connectivity index (χ0n) is 31.5. The third kappa shape index (κ3) is 10.6. The minimum atomic E-state index is -0.112. The van der Waals surface area contributed by atoms with Gasteiger partial charge in [0, 0.05) is 114 Å². The van der Waals surface area contributed by atoms with Crippen molar-refractivity contribution in [3.63, 3.8) is 0 Å². The van der Waals surface area contributed by atoms with Crippen LogP contribution in [0.1, 0.15) is 41.5 Å². The molecule has 6 rings (SSSR count). The van der Waals surface area contributed by atoms with E-state index in [9.17, 15) is 9.59 Å². The van der Waals surface area contributed by atoms with Crippen molar-refractivity contribution >= 4 is 69.6 Å². The van der Waals surface area contributed by atoms with Crippen molar-refractivity contribution in [2.24, 2.45) is 0 Å². The van der Waals surface area contributed by atoms with Gasteiger partial charge in [0.25, 0.3) is 0 Å². The number of rotatable bonds is 4. The second kappa shape index (κ2) is 17.6.